The number of para-hydroxylation sites is 1. The number of hydrazone groups is 1. The van der Waals surface area contributed by atoms with E-state index in [0.717, 1.165) is 55.0 Å². The van der Waals surface area contributed by atoms with Gasteiger partial charge in [0, 0.05) is 31.7 Å². The van der Waals surface area contributed by atoms with Crippen molar-refractivity contribution in [1.29, 1.82) is 0 Å². The fourth-order valence-electron chi connectivity index (χ4n) is 4.09. The summed E-state index contributed by atoms with van der Waals surface area (Å²) in [5.74, 6) is 2.79. The smallest absolute Gasteiger partial charge is 0.250 e. The number of anilines is 3. The summed E-state index contributed by atoms with van der Waals surface area (Å²) in [6.07, 6.45) is 9.01. The molecule has 2 saturated heterocycles. The van der Waals surface area contributed by atoms with Crippen LogP contribution < -0.4 is 20.0 Å². The Bertz CT molecular complexity index is 838. The molecule has 0 spiro atoms. The summed E-state index contributed by atoms with van der Waals surface area (Å²) < 4.78 is 5.50. The van der Waals surface area contributed by atoms with Gasteiger partial charge in [0.2, 0.25) is 17.8 Å². The predicted molar refractivity (Wildman–Crippen MR) is 121 cm³/mol. The molecule has 2 aromatic rings. The molecule has 4 rings (SSSR count). The number of aromatic nitrogens is 3. The molecule has 2 fully saturated rings. The van der Waals surface area contributed by atoms with Gasteiger partial charge in [-0.2, -0.15) is 20.1 Å². The van der Waals surface area contributed by atoms with E-state index in [0.29, 0.717) is 5.95 Å². The number of ether oxygens (including phenoxy) is 1. The van der Waals surface area contributed by atoms with E-state index in [1.807, 2.05) is 25.1 Å². The fraction of sp³-hybridized carbons (Fsp3) is 0.545. The molecule has 8 heteroatoms. The monoisotopic (exact) mass is 409 g/mol. The Morgan fingerprint density at radius 1 is 0.900 bits per heavy atom. The first-order valence-corrected chi connectivity index (χ1v) is 10.9. The maximum atomic E-state index is 5.50. The van der Waals surface area contributed by atoms with Crippen LogP contribution >= 0.6 is 0 Å². The topological polar surface area (TPSA) is 78.8 Å². The number of aryl methyl sites for hydroxylation is 1. The minimum absolute atomic E-state index is 0.481. The lowest BCUT2D eigenvalue weighted by Gasteiger charge is -2.30. The number of rotatable bonds is 6. The van der Waals surface area contributed by atoms with E-state index >= 15 is 0 Å². The highest BCUT2D eigenvalue weighted by molar-refractivity contribution is 5.84. The van der Waals surface area contributed by atoms with Gasteiger partial charge in [0.15, 0.2) is 0 Å². The van der Waals surface area contributed by atoms with Gasteiger partial charge in [-0.25, -0.2) is 5.43 Å². The van der Waals surface area contributed by atoms with E-state index in [2.05, 4.69) is 30.3 Å². The van der Waals surface area contributed by atoms with Crippen molar-refractivity contribution in [1.82, 2.24) is 15.0 Å². The molecule has 8 nitrogen and oxygen atoms in total. The van der Waals surface area contributed by atoms with Gasteiger partial charge in [-0.05, 0) is 57.1 Å². The van der Waals surface area contributed by atoms with Crippen LogP contribution in [0.25, 0.3) is 0 Å². The van der Waals surface area contributed by atoms with Crippen LogP contribution in [0.3, 0.4) is 0 Å². The van der Waals surface area contributed by atoms with Gasteiger partial charge in [0.05, 0.1) is 13.3 Å². The Morgan fingerprint density at radius 2 is 1.50 bits per heavy atom. The van der Waals surface area contributed by atoms with Crippen LogP contribution in [0.4, 0.5) is 17.8 Å². The average molecular weight is 410 g/mol. The Kier molecular flexibility index (Phi) is 6.61. The fourth-order valence-corrected chi connectivity index (χ4v) is 4.09. The number of benzene rings is 1. The van der Waals surface area contributed by atoms with Crippen LogP contribution in [0.2, 0.25) is 0 Å². The average Bonchev–Trinajstić information content (AvgIpc) is 2.80. The van der Waals surface area contributed by atoms with Crippen molar-refractivity contribution in [2.24, 2.45) is 5.10 Å². The van der Waals surface area contributed by atoms with Crippen LogP contribution in [-0.4, -0.2) is 54.5 Å². The maximum absolute atomic E-state index is 5.50. The molecule has 2 aliphatic rings. The number of piperidine rings is 2. The summed E-state index contributed by atoms with van der Waals surface area (Å²) in [7, 11) is 1.68. The quantitative estimate of drug-likeness (QED) is 0.577. The van der Waals surface area contributed by atoms with E-state index in [9.17, 15) is 0 Å². The summed E-state index contributed by atoms with van der Waals surface area (Å²) in [5, 5.41) is 4.39. The summed E-state index contributed by atoms with van der Waals surface area (Å²) >= 11 is 0. The summed E-state index contributed by atoms with van der Waals surface area (Å²) in [6.45, 7) is 5.99. The molecule has 2 aliphatic heterocycles. The highest BCUT2D eigenvalue weighted by atomic mass is 16.5. The van der Waals surface area contributed by atoms with Gasteiger partial charge in [-0.15, -0.1) is 0 Å². The summed E-state index contributed by atoms with van der Waals surface area (Å²) in [6, 6.07) is 5.99. The molecule has 3 heterocycles. The lowest BCUT2D eigenvalue weighted by Crippen LogP contribution is -2.34. The van der Waals surface area contributed by atoms with Crippen molar-refractivity contribution in [3.05, 3.63) is 29.3 Å². The van der Waals surface area contributed by atoms with Gasteiger partial charge in [0.1, 0.15) is 5.75 Å². The van der Waals surface area contributed by atoms with Crippen LogP contribution in [0.15, 0.2) is 23.3 Å². The Morgan fingerprint density at radius 3 is 2.07 bits per heavy atom. The highest BCUT2D eigenvalue weighted by Gasteiger charge is 2.20. The molecular formula is C22H31N7O. The van der Waals surface area contributed by atoms with Gasteiger partial charge >= 0.3 is 0 Å². The third kappa shape index (κ3) is 4.80. The molecular weight excluding hydrogens is 378 g/mol. The zero-order chi connectivity index (χ0) is 20.8. The molecule has 1 aromatic carbocycles. The van der Waals surface area contributed by atoms with Crippen molar-refractivity contribution in [3.63, 3.8) is 0 Å². The van der Waals surface area contributed by atoms with Crippen molar-refractivity contribution in [2.75, 3.05) is 48.5 Å². The second-order valence-corrected chi connectivity index (χ2v) is 7.92. The summed E-state index contributed by atoms with van der Waals surface area (Å²) in [4.78, 5) is 18.7. The molecule has 30 heavy (non-hydrogen) atoms. The minimum Gasteiger partial charge on any atom is -0.496 e. The molecule has 0 atom stereocenters. The van der Waals surface area contributed by atoms with Gasteiger partial charge < -0.3 is 14.5 Å². The molecule has 0 bridgehead atoms. The van der Waals surface area contributed by atoms with Crippen molar-refractivity contribution < 1.29 is 4.74 Å². The van der Waals surface area contributed by atoms with Crippen molar-refractivity contribution in [3.8, 4) is 5.75 Å². The van der Waals surface area contributed by atoms with E-state index in [-0.39, 0.29) is 0 Å². The Balaban J connectivity index is 1.57. The number of hydrogen-bond acceptors (Lipinski definition) is 8. The number of nitrogens with one attached hydrogen (secondary N) is 1. The normalized spacial score (nSPS) is 17.4. The van der Waals surface area contributed by atoms with Crippen molar-refractivity contribution in [2.45, 2.75) is 45.4 Å². The number of methoxy groups -OCH3 is 1. The van der Waals surface area contributed by atoms with Crippen LogP contribution in [0.1, 0.15) is 49.7 Å². The second-order valence-electron chi connectivity index (χ2n) is 7.92. The minimum atomic E-state index is 0.481. The highest BCUT2D eigenvalue weighted by Crippen LogP contribution is 2.23. The molecule has 0 radical (unpaired) electrons. The van der Waals surface area contributed by atoms with Gasteiger partial charge in [0.25, 0.3) is 0 Å². The van der Waals surface area contributed by atoms with Gasteiger partial charge in [-0.3, -0.25) is 0 Å². The van der Waals surface area contributed by atoms with E-state index < -0.39 is 0 Å². The lowest BCUT2D eigenvalue weighted by molar-refractivity contribution is 0.411. The molecule has 0 aliphatic carbocycles. The van der Waals surface area contributed by atoms with Crippen LogP contribution in [0.5, 0.6) is 5.75 Å². The third-order valence-electron chi connectivity index (χ3n) is 5.70. The Labute approximate surface area is 178 Å². The first-order valence-electron chi connectivity index (χ1n) is 10.9. The standard InChI is InChI=1S/C22H31N7O/c1-17-10-9-11-18(19(17)30-2)16-23-27-20-24-21(28-12-5-3-6-13-28)26-22(25-20)29-14-7-4-8-15-29/h9-11,16H,3-8,12-15H2,1-2H3,(H,24,25,26,27)/b23-16+. The summed E-state index contributed by atoms with van der Waals surface area (Å²) in [5.41, 5.74) is 5.00. The van der Waals surface area contributed by atoms with E-state index in [1.165, 1.54) is 38.5 Å². The van der Waals surface area contributed by atoms with Crippen molar-refractivity contribution >= 4 is 24.1 Å². The molecule has 0 unspecified atom stereocenters. The molecule has 0 saturated carbocycles. The van der Waals surface area contributed by atoms with Gasteiger partial charge in [-0.1, -0.05) is 12.1 Å². The van der Waals surface area contributed by atoms with Crippen LogP contribution in [-0.2, 0) is 0 Å². The predicted octanol–water partition coefficient (Wildman–Crippen LogP) is 3.62. The zero-order valence-electron chi connectivity index (χ0n) is 18.0. The van der Waals surface area contributed by atoms with Crippen LogP contribution in [0, 0.1) is 6.92 Å². The van der Waals surface area contributed by atoms with E-state index in [4.69, 9.17) is 9.72 Å². The SMILES string of the molecule is COc1c(C)cccc1/C=N/Nc1nc(N2CCCCC2)nc(N2CCCCC2)n1. The lowest BCUT2D eigenvalue weighted by atomic mass is 10.1. The zero-order valence-corrected chi connectivity index (χ0v) is 18.0. The number of nitrogens with zero attached hydrogens (tertiary/aromatic N) is 6. The molecule has 0 amide bonds. The first kappa shape index (κ1) is 20.4. The Hall–Kier alpha value is -2.90. The number of hydrogen-bond donors (Lipinski definition) is 1. The largest absolute Gasteiger partial charge is 0.496 e. The first-order chi connectivity index (χ1) is 14.7. The molecule has 1 aromatic heterocycles. The third-order valence-corrected chi connectivity index (χ3v) is 5.70. The van der Waals surface area contributed by atoms with E-state index in [1.54, 1.807) is 13.3 Å². The molecule has 1 N–H and O–H groups in total. The molecule has 160 valence electrons. The maximum Gasteiger partial charge on any atom is 0.250 e. The second kappa shape index (κ2) is 9.73.